The summed E-state index contributed by atoms with van der Waals surface area (Å²) in [5.41, 5.74) is 5.54. The van der Waals surface area contributed by atoms with Crippen LogP contribution in [-0.2, 0) is 4.79 Å². The van der Waals surface area contributed by atoms with Gasteiger partial charge in [0.1, 0.15) is 0 Å². The Labute approximate surface area is 112 Å². The van der Waals surface area contributed by atoms with Crippen LogP contribution in [0.5, 0.6) is 5.75 Å². The molecule has 0 spiro atoms. The average molecular weight is 269 g/mol. The molecule has 0 saturated heterocycles. The number of carboxylic acids is 1. The number of ether oxygens (including phenoxy) is 1. The van der Waals surface area contributed by atoms with E-state index in [9.17, 15) is 9.18 Å². The Kier molecular flexibility index (Phi) is 6.29. The van der Waals surface area contributed by atoms with Gasteiger partial charge >= 0.3 is 5.97 Å². The van der Waals surface area contributed by atoms with Crippen LogP contribution in [0.25, 0.3) is 0 Å². The largest absolute Gasteiger partial charge is 0.490 e. The van der Waals surface area contributed by atoms with Crippen molar-refractivity contribution >= 4 is 5.97 Å². The zero-order valence-corrected chi connectivity index (χ0v) is 11.0. The van der Waals surface area contributed by atoms with Crippen molar-refractivity contribution in [2.75, 3.05) is 13.2 Å². The van der Waals surface area contributed by atoms with E-state index in [2.05, 4.69) is 0 Å². The molecule has 3 N–H and O–H groups in total. The van der Waals surface area contributed by atoms with Gasteiger partial charge in [0.15, 0.2) is 11.6 Å². The van der Waals surface area contributed by atoms with Gasteiger partial charge in [-0.2, -0.15) is 0 Å². The number of benzene rings is 1. The van der Waals surface area contributed by atoms with E-state index in [1.54, 1.807) is 18.2 Å². The molecule has 4 nitrogen and oxygen atoms in total. The Morgan fingerprint density at radius 1 is 1.47 bits per heavy atom. The fourth-order valence-electron chi connectivity index (χ4n) is 1.94. The monoisotopic (exact) mass is 269 g/mol. The molecule has 0 bridgehead atoms. The summed E-state index contributed by atoms with van der Waals surface area (Å²) >= 11 is 0. The molecule has 1 rings (SSSR count). The molecule has 0 radical (unpaired) electrons. The van der Waals surface area contributed by atoms with Gasteiger partial charge in [-0.3, -0.25) is 4.79 Å². The number of halogens is 1. The van der Waals surface area contributed by atoms with Gasteiger partial charge in [-0.25, -0.2) is 4.39 Å². The van der Waals surface area contributed by atoms with Crippen LogP contribution < -0.4 is 10.5 Å². The highest BCUT2D eigenvalue weighted by Gasteiger charge is 2.16. The number of rotatable bonds is 8. The molecular weight excluding hydrogens is 249 g/mol. The molecule has 1 aromatic rings. The summed E-state index contributed by atoms with van der Waals surface area (Å²) in [7, 11) is 0. The predicted molar refractivity (Wildman–Crippen MR) is 70.5 cm³/mol. The highest BCUT2D eigenvalue weighted by molar-refractivity contribution is 5.67. The van der Waals surface area contributed by atoms with E-state index in [4.69, 9.17) is 15.6 Å². The average Bonchev–Trinajstić information content (AvgIpc) is 2.36. The van der Waals surface area contributed by atoms with E-state index in [-0.39, 0.29) is 24.0 Å². The quantitative estimate of drug-likeness (QED) is 0.759. The van der Waals surface area contributed by atoms with E-state index in [1.807, 2.05) is 6.92 Å². The summed E-state index contributed by atoms with van der Waals surface area (Å²) in [6.07, 6.45) is 0.706. The van der Waals surface area contributed by atoms with Crippen LogP contribution >= 0.6 is 0 Å². The minimum atomic E-state index is -0.849. The third-order valence-corrected chi connectivity index (χ3v) is 2.89. The summed E-state index contributed by atoms with van der Waals surface area (Å²) in [6, 6.07) is 6.21. The first kappa shape index (κ1) is 15.4. The first-order valence-electron chi connectivity index (χ1n) is 6.32. The summed E-state index contributed by atoms with van der Waals surface area (Å²) < 4.78 is 18.7. The molecule has 106 valence electrons. The Balaban J connectivity index is 2.40. The third-order valence-electron chi connectivity index (χ3n) is 2.89. The van der Waals surface area contributed by atoms with Gasteiger partial charge < -0.3 is 15.6 Å². The molecule has 0 aliphatic rings. The lowest BCUT2D eigenvalue weighted by molar-refractivity contribution is -0.138. The van der Waals surface area contributed by atoms with E-state index < -0.39 is 11.8 Å². The molecular formula is C14H20FNO3. The molecule has 0 saturated carbocycles. The van der Waals surface area contributed by atoms with Crippen molar-refractivity contribution in [3.8, 4) is 5.75 Å². The molecule has 0 fully saturated rings. The second kappa shape index (κ2) is 7.74. The van der Waals surface area contributed by atoms with Crippen molar-refractivity contribution in [2.45, 2.75) is 19.8 Å². The van der Waals surface area contributed by atoms with E-state index in [0.717, 1.165) is 0 Å². The number of para-hydroxylation sites is 1. The summed E-state index contributed by atoms with van der Waals surface area (Å²) in [5, 5.41) is 8.74. The van der Waals surface area contributed by atoms with Crippen LogP contribution in [0.15, 0.2) is 24.3 Å². The molecule has 0 unspecified atom stereocenters. The fourth-order valence-corrected chi connectivity index (χ4v) is 1.94. The summed E-state index contributed by atoms with van der Waals surface area (Å²) in [4.78, 5) is 10.6. The van der Waals surface area contributed by atoms with Crippen LogP contribution in [0.3, 0.4) is 0 Å². The second-order valence-corrected chi connectivity index (χ2v) is 4.78. The zero-order chi connectivity index (χ0) is 14.3. The van der Waals surface area contributed by atoms with Gasteiger partial charge in [-0.05, 0) is 36.9 Å². The van der Waals surface area contributed by atoms with Crippen molar-refractivity contribution in [2.24, 2.45) is 17.6 Å². The molecule has 0 heterocycles. The number of aliphatic carboxylic acids is 1. The first-order chi connectivity index (χ1) is 9.02. The van der Waals surface area contributed by atoms with Crippen LogP contribution in [0.1, 0.15) is 19.8 Å². The third kappa shape index (κ3) is 5.70. The normalized spacial score (nSPS) is 13.8. The van der Waals surface area contributed by atoms with Crippen LogP contribution in [-0.4, -0.2) is 24.2 Å². The van der Waals surface area contributed by atoms with Gasteiger partial charge in [0.25, 0.3) is 0 Å². The van der Waals surface area contributed by atoms with Crippen molar-refractivity contribution < 1.29 is 19.0 Å². The SMILES string of the molecule is C[C@H](COc1ccccc1F)C[C@H](CN)CC(=O)O. The summed E-state index contributed by atoms with van der Waals surface area (Å²) in [5.74, 6) is -0.977. The number of nitrogens with two attached hydrogens (primary N) is 1. The second-order valence-electron chi connectivity index (χ2n) is 4.78. The van der Waals surface area contributed by atoms with E-state index in [0.29, 0.717) is 19.6 Å². The lowest BCUT2D eigenvalue weighted by Crippen LogP contribution is -2.22. The van der Waals surface area contributed by atoms with Gasteiger partial charge in [0.2, 0.25) is 0 Å². The van der Waals surface area contributed by atoms with Gasteiger partial charge in [0, 0.05) is 6.42 Å². The molecule has 2 atom stereocenters. The zero-order valence-electron chi connectivity index (χ0n) is 11.0. The lowest BCUT2D eigenvalue weighted by Gasteiger charge is -2.18. The highest BCUT2D eigenvalue weighted by Crippen LogP contribution is 2.19. The van der Waals surface area contributed by atoms with Crippen molar-refractivity contribution in [1.29, 1.82) is 0 Å². The van der Waals surface area contributed by atoms with Gasteiger partial charge in [-0.15, -0.1) is 0 Å². The molecule has 0 aliphatic heterocycles. The maximum absolute atomic E-state index is 13.3. The number of hydrogen-bond acceptors (Lipinski definition) is 3. The Bertz CT molecular complexity index is 411. The summed E-state index contributed by atoms with van der Waals surface area (Å²) in [6.45, 7) is 2.61. The van der Waals surface area contributed by atoms with Crippen molar-refractivity contribution in [3.63, 3.8) is 0 Å². The van der Waals surface area contributed by atoms with Crippen LogP contribution in [0, 0.1) is 17.7 Å². The fraction of sp³-hybridized carbons (Fsp3) is 0.500. The Morgan fingerprint density at radius 3 is 2.74 bits per heavy atom. The van der Waals surface area contributed by atoms with Crippen molar-refractivity contribution in [3.05, 3.63) is 30.1 Å². The maximum Gasteiger partial charge on any atom is 0.303 e. The molecule has 0 aliphatic carbocycles. The standard InChI is InChI=1S/C14H20FNO3/c1-10(6-11(8-16)7-14(17)18)9-19-13-5-3-2-4-12(13)15/h2-5,10-11H,6-9,16H2,1H3,(H,17,18)/t10-,11-/m0/s1. The molecule has 1 aromatic carbocycles. The minimum absolute atomic E-state index is 0.0561. The Hall–Kier alpha value is -1.62. The lowest BCUT2D eigenvalue weighted by atomic mass is 9.93. The van der Waals surface area contributed by atoms with Crippen molar-refractivity contribution in [1.82, 2.24) is 0 Å². The first-order valence-corrected chi connectivity index (χ1v) is 6.32. The van der Waals surface area contributed by atoms with Gasteiger partial charge in [0.05, 0.1) is 6.61 Å². The van der Waals surface area contributed by atoms with E-state index >= 15 is 0 Å². The molecule has 19 heavy (non-hydrogen) atoms. The van der Waals surface area contributed by atoms with Crippen LogP contribution in [0.2, 0.25) is 0 Å². The number of hydrogen-bond donors (Lipinski definition) is 2. The Morgan fingerprint density at radius 2 is 2.16 bits per heavy atom. The molecule has 5 heteroatoms. The number of carboxylic acid groups (broad SMARTS) is 1. The van der Waals surface area contributed by atoms with Crippen LogP contribution in [0.4, 0.5) is 4.39 Å². The highest BCUT2D eigenvalue weighted by atomic mass is 19.1. The predicted octanol–water partition coefficient (Wildman–Crippen LogP) is 2.28. The maximum atomic E-state index is 13.3. The van der Waals surface area contributed by atoms with Gasteiger partial charge in [-0.1, -0.05) is 19.1 Å². The molecule has 0 amide bonds. The number of carbonyl (C=O) groups is 1. The molecule has 0 aromatic heterocycles. The topological polar surface area (TPSA) is 72.5 Å². The minimum Gasteiger partial charge on any atom is -0.490 e. The van der Waals surface area contributed by atoms with E-state index in [1.165, 1.54) is 6.07 Å². The smallest absolute Gasteiger partial charge is 0.303 e.